The van der Waals surface area contributed by atoms with Crippen molar-refractivity contribution in [3.63, 3.8) is 0 Å². The van der Waals surface area contributed by atoms with Gasteiger partial charge in [0, 0.05) is 5.69 Å². The Balaban J connectivity index is 1.85. The summed E-state index contributed by atoms with van der Waals surface area (Å²) in [5.41, 5.74) is 1.84. The summed E-state index contributed by atoms with van der Waals surface area (Å²) in [4.78, 5) is 23.8. The maximum Gasteiger partial charge on any atom is 0.309 e. The average molecular weight is 275 g/mol. The van der Waals surface area contributed by atoms with Crippen molar-refractivity contribution in [2.45, 2.75) is 45.6 Å². The number of aryl methyl sites for hydroxylation is 1. The van der Waals surface area contributed by atoms with Gasteiger partial charge in [0.1, 0.15) is 0 Å². The summed E-state index contributed by atoms with van der Waals surface area (Å²) in [6.45, 7) is 3.59. The standard InChI is InChI=1S/C16H21NO3/c1-11-7-9-14(10-8-11)17-15(18)12(2)20-16(19)13-5-3-4-6-13/h7-10,12-13H,3-6H2,1-2H3,(H,17,18)/t12-/m1/s1. The molecule has 4 nitrogen and oxygen atoms in total. The third kappa shape index (κ3) is 3.83. The summed E-state index contributed by atoms with van der Waals surface area (Å²) in [5, 5.41) is 2.75. The maximum atomic E-state index is 12.0. The van der Waals surface area contributed by atoms with E-state index in [0.29, 0.717) is 5.69 Å². The Morgan fingerprint density at radius 1 is 1.20 bits per heavy atom. The fraction of sp³-hybridized carbons (Fsp3) is 0.500. The van der Waals surface area contributed by atoms with Gasteiger partial charge in [-0.3, -0.25) is 9.59 Å². The average Bonchev–Trinajstić information content (AvgIpc) is 2.95. The molecule has 2 rings (SSSR count). The second kappa shape index (κ2) is 6.55. The molecule has 0 spiro atoms. The van der Waals surface area contributed by atoms with Crippen LogP contribution in [0.1, 0.15) is 38.2 Å². The molecule has 4 heteroatoms. The van der Waals surface area contributed by atoms with Crippen molar-refractivity contribution in [3.05, 3.63) is 29.8 Å². The van der Waals surface area contributed by atoms with E-state index in [-0.39, 0.29) is 17.8 Å². The van der Waals surface area contributed by atoms with Crippen molar-refractivity contribution in [2.75, 3.05) is 5.32 Å². The molecule has 1 aliphatic carbocycles. The van der Waals surface area contributed by atoms with Gasteiger partial charge in [-0.05, 0) is 38.8 Å². The molecule has 0 heterocycles. The summed E-state index contributed by atoms with van der Waals surface area (Å²) >= 11 is 0. The van der Waals surface area contributed by atoms with Gasteiger partial charge < -0.3 is 10.1 Å². The Kier molecular flexibility index (Phi) is 4.77. The molecule has 0 unspecified atom stereocenters. The van der Waals surface area contributed by atoms with Crippen molar-refractivity contribution in [1.82, 2.24) is 0 Å². The lowest BCUT2D eigenvalue weighted by molar-refractivity contribution is -0.157. The molecular weight excluding hydrogens is 254 g/mol. The molecule has 0 aliphatic heterocycles. The first-order valence-electron chi connectivity index (χ1n) is 7.14. The number of ether oxygens (including phenoxy) is 1. The summed E-state index contributed by atoms with van der Waals surface area (Å²) in [6, 6.07) is 7.51. The van der Waals surface area contributed by atoms with Crippen LogP contribution in [0.2, 0.25) is 0 Å². The van der Waals surface area contributed by atoms with E-state index < -0.39 is 6.10 Å². The molecule has 1 atom stereocenters. The molecule has 20 heavy (non-hydrogen) atoms. The van der Waals surface area contributed by atoms with Gasteiger partial charge >= 0.3 is 5.97 Å². The van der Waals surface area contributed by atoms with Crippen LogP contribution in [0.15, 0.2) is 24.3 Å². The number of hydrogen-bond acceptors (Lipinski definition) is 3. The summed E-state index contributed by atoms with van der Waals surface area (Å²) in [6.07, 6.45) is 3.15. The van der Waals surface area contributed by atoms with Crippen LogP contribution in [0.25, 0.3) is 0 Å². The molecule has 0 radical (unpaired) electrons. The molecule has 0 aromatic heterocycles. The summed E-state index contributed by atoms with van der Waals surface area (Å²) in [7, 11) is 0. The van der Waals surface area contributed by atoms with Crippen LogP contribution in [-0.2, 0) is 14.3 Å². The number of amides is 1. The molecule has 1 aromatic carbocycles. The topological polar surface area (TPSA) is 55.4 Å². The van der Waals surface area contributed by atoms with E-state index in [9.17, 15) is 9.59 Å². The Hall–Kier alpha value is -1.84. The van der Waals surface area contributed by atoms with Crippen LogP contribution in [0.4, 0.5) is 5.69 Å². The predicted octanol–water partition coefficient (Wildman–Crippen LogP) is 3.06. The van der Waals surface area contributed by atoms with Gasteiger partial charge in [-0.15, -0.1) is 0 Å². The van der Waals surface area contributed by atoms with E-state index in [4.69, 9.17) is 4.74 Å². The summed E-state index contributed by atoms with van der Waals surface area (Å²) in [5.74, 6) is -0.557. The molecule has 108 valence electrons. The van der Waals surface area contributed by atoms with Gasteiger partial charge in [-0.25, -0.2) is 0 Å². The molecule has 1 N–H and O–H groups in total. The maximum absolute atomic E-state index is 12.0. The van der Waals surface area contributed by atoms with Gasteiger partial charge in [0.05, 0.1) is 5.92 Å². The zero-order valence-electron chi connectivity index (χ0n) is 12.0. The van der Waals surface area contributed by atoms with Crippen molar-refractivity contribution < 1.29 is 14.3 Å². The monoisotopic (exact) mass is 275 g/mol. The normalized spacial score (nSPS) is 16.7. The van der Waals surface area contributed by atoms with E-state index in [1.807, 2.05) is 31.2 Å². The number of esters is 1. The lowest BCUT2D eigenvalue weighted by Gasteiger charge is -2.16. The lowest BCUT2D eigenvalue weighted by Crippen LogP contribution is -2.31. The third-order valence-electron chi connectivity index (χ3n) is 3.67. The van der Waals surface area contributed by atoms with Crippen LogP contribution < -0.4 is 5.32 Å². The van der Waals surface area contributed by atoms with Crippen LogP contribution in [0.3, 0.4) is 0 Å². The molecule has 1 amide bonds. The number of carbonyl (C=O) groups excluding carboxylic acids is 2. The highest BCUT2D eigenvalue weighted by atomic mass is 16.5. The van der Waals surface area contributed by atoms with E-state index in [2.05, 4.69) is 5.32 Å². The number of hydrogen-bond donors (Lipinski definition) is 1. The first-order chi connectivity index (χ1) is 9.56. The minimum absolute atomic E-state index is 0.0235. The molecule has 1 aromatic rings. The van der Waals surface area contributed by atoms with Crippen LogP contribution in [0, 0.1) is 12.8 Å². The largest absolute Gasteiger partial charge is 0.452 e. The van der Waals surface area contributed by atoms with E-state index in [1.165, 1.54) is 0 Å². The molecule has 0 bridgehead atoms. The van der Waals surface area contributed by atoms with Gasteiger partial charge in [-0.2, -0.15) is 0 Å². The zero-order valence-corrected chi connectivity index (χ0v) is 12.0. The van der Waals surface area contributed by atoms with Crippen LogP contribution in [-0.4, -0.2) is 18.0 Å². The number of anilines is 1. The summed E-state index contributed by atoms with van der Waals surface area (Å²) < 4.78 is 5.24. The van der Waals surface area contributed by atoms with Gasteiger partial charge in [0.2, 0.25) is 0 Å². The SMILES string of the molecule is Cc1ccc(NC(=O)[C@@H](C)OC(=O)C2CCCC2)cc1. The smallest absolute Gasteiger partial charge is 0.309 e. The fourth-order valence-corrected chi connectivity index (χ4v) is 2.37. The highest BCUT2D eigenvalue weighted by molar-refractivity contribution is 5.95. The second-order valence-electron chi connectivity index (χ2n) is 5.42. The molecule has 1 saturated carbocycles. The molecular formula is C16H21NO3. The number of nitrogens with one attached hydrogen (secondary N) is 1. The Bertz CT molecular complexity index is 475. The number of benzene rings is 1. The first kappa shape index (κ1) is 14.6. The Morgan fingerprint density at radius 2 is 1.80 bits per heavy atom. The highest BCUT2D eigenvalue weighted by Crippen LogP contribution is 2.26. The highest BCUT2D eigenvalue weighted by Gasteiger charge is 2.27. The minimum atomic E-state index is -0.760. The second-order valence-corrected chi connectivity index (χ2v) is 5.42. The number of carbonyl (C=O) groups is 2. The zero-order chi connectivity index (χ0) is 14.5. The van der Waals surface area contributed by atoms with Crippen molar-refractivity contribution in [1.29, 1.82) is 0 Å². The fourth-order valence-electron chi connectivity index (χ4n) is 2.37. The first-order valence-corrected chi connectivity index (χ1v) is 7.14. The van der Waals surface area contributed by atoms with Gasteiger partial charge in [0.15, 0.2) is 6.10 Å². The molecule has 1 aliphatic rings. The van der Waals surface area contributed by atoms with E-state index in [0.717, 1.165) is 31.2 Å². The minimum Gasteiger partial charge on any atom is -0.452 e. The van der Waals surface area contributed by atoms with Crippen molar-refractivity contribution in [3.8, 4) is 0 Å². The molecule has 0 saturated heterocycles. The van der Waals surface area contributed by atoms with Crippen molar-refractivity contribution in [2.24, 2.45) is 5.92 Å². The Morgan fingerprint density at radius 3 is 2.40 bits per heavy atom. The van der Waals surface area contributed by atoms with E-state index >= 15 is 0 Å². The quantitative estimate of drug-likeness (QED) is 0.859. The predicted molar refractivity (Wildman–Crippen MR) is 77.3 cm³/mol. The van der Waals surface area contributed by atoms with Gasteiger partial charge in [-0.1, -0.05) is 30.5 Å². The van der Waals surface area contributed by atoms with Gasteiger partial charge in [0.25, 0.3) is 5.91 Å². The third-order valence-corrected chi connectivity index (χ3v) is 3.67. The van der Waals surface area contributed by atoms with Crippen LogP contribution in [0.5, 0.6) is 0 Å². The Labute approximate surface area is 119 Å². The van der Waals surface area contributed by atoms with Crippen LogP contribution >= 0.6 is 0 Å². The number of rotatable bonds is 4. The molecule has 1 fully saturated rings. The lowest BCUT2D eigenvalue weighted by atomic mass is 10.1. The van der Waals surface area contributed by atoms with E-state index in [1.54, 1.807) is 6.92 Å². The van der Waals surface area contributed by atoms with Crippen molar-refractivity contribution >= 4 is 17.6 Å².